The highest BCUT2D eigenvalue weighted by Gasteiger charge is 2.24. The van der Waals surface area contributed by atoms with Crippen LogP contribution in [0.5, 0.6) is 5.75 Å². The SMILES string of the molecule is NC(Cc1ccc(O)c2c1SCC(C(=O)O)=N2)C(=O)O. The van der Waals surface area contributed by atoms with Crippen LogP contribution in [-0.2, 0) is 16.0 Å². The number of aliphatic carboxylic acids is 2. The van der Waals surface area contributed by atoms with Crippen LogP contribution in [0.1, 0.15) is 5.56 Å². The second kappa shape index (κ2) is 5.51. The molecule has 5 N–H and O–H groups in total. The van der Waals surface area contributed by atoms with Crippen LogP contribution in [0.4, 0.5) is 5.69 Å². The highest BCUT2D eigenvalue weighted by Crippen LogP contribution is 2.43. The number of benzene rings is 1. The van der Waals surface area contributed by atoms with Gasteiger partial charge < -0.3 is 21.1 Å². The summed E-state index contributed by atoms with van der Waals surface area (Å²) in [6.07, 6.45) is 0.0862. The lowest BCUT2D eigenvalue weighted by atomic mass is 10.1. The van der Waals surface area contributed by atoms with E-state index >= 15 is 0 Å². The van der Waals surface area contributed by atoms with E-state index in [1.165, 1.54) is 17.8 Å². The van der Waals surface area contributed by atoms with Crippen LogP contribution in [0, 0.1) is 0 Å². The number of phenolic OH excluding ortho intramolecular Hbond substituents is 1. The summed E-state index contributed by atoms with van der Waals surface area (Å²) in [5.41, 5.74) is 6.23. The molecule has 20 heavy (non-hydrogen) atoms. The zero-order valence-electron chi connectivity index (χ0n) is 10.2. The first-order valence-electron chi connectivity index (χ1n) is 5.67. The molecule has 0 aliphatic carbocycles. The number of carboxylic acid groups (broad SMARTS) is 2. The summed E-state index contributed by atoms with van der Waals surface area (Å²) in [5, 5.41) is 27.5. The fraction of sp³-hybridized carbons (Fsp3) is 0.250. The number of nitrogens with zero attached hydrogens (tertiary/aromatic N) is 1. The highest BCUT2D eigenvalue weighted by molar-refractivity contribution is 8.00. The van der Waals surface area contributed by atoms with Crippen LogP contribution in [0.25, 0.3) is 0 Å². The Morgan fingerprint density at radius 3 is 2.70 bits per heavy atom. The molecule has 106 valence electrons. The third-order valence-electron chi connectivity index (χ3n) is 2.80. The molecule has 7 nitrogen and oxygen atoms in total. The Morgan fingerprint density at radius 1 is 1.40 bits per heavy atom. The first kappa shape index (κ1) is 14.4. The Bertz CT molecular complexity index is 614. The summed E-state index contributed by atoms with van der Waals surface area (Å²) in [7, 11) is 0. The number of fused-ring (bicyclic) bond motifs is 1. The van der Waals surface area contributed by atoms with Crippen molar-refractivity contribution < 1.29 is 24.9 Å². The van der Waals surface area contributed by atoms with Crippen LogP contribution in [-0.4, -0.2) is 44.8 Å². The number of hydrogen-bond acceptors (Lipinski definition) is 6. The summed E-state index contributed by atoms with van der Waals surface area (Å²) in [4.78, 5) is 26.2. The largest absolute Gasteiger partial charge is 0.506 e. The van der Waals surface area contributed by atoms with Gasteiger partial charge in [0, 0.05) is 10.6 Å². The molecule has 8 heteroatoms. The third-order valence-corrected chi connectivity index (χ3v) is 3.96. The van der Waals surface area contributed by atoms with E-state index in [0.29, 0.717) is 10.5 Å². The minimum Gasteiger partial charge on any atom is -0.506 e. The molecule has 1 unspecified atom stereocenters. The Labute approximate surface area is 118 Å². The van der Waals surface area contributed by atoms with Crippen molar-refractivity contribution in [1.82, 2.24) is 0 Å². The average molecular weight is 296 g/mol. The molecule has 0 aromatic heterocycles. The van der Waals surface area contributed by atoms with Crippen molar-refractivity contribution in [2.45, 2.75) is 17.4 Å². The molecule has 0 fully saturated rings. The molecule has 2 rings (SSSR count). The number of rotatable bonds is 4. The molecule has 1 atom stereocenters. The van der Waals surface area contributed by atoms with E-state index in [1.54, 1.807) is 6.07 Å². The Hall–Kier alpha value is -2.06. The molecule has 0 radical (unpaired) electrons. The van der Waals surface area contributed by atoms with Gasteiger partial charge in [0.2, 0.25) is 0 Å². The fourth-order valence-corrected chi connectivity index (χ4v) is 2.87. The maximum atomic E-state index is 10.9. The number of nitrogens with two attached hydrogens (primary N) is 1. The van der Waals surface area contributed by atoms with E-state index < -0.39 is 18.0 Å². The van der Waals surface area contributed by atoms with E-state index in [-0.39, 0.29) is 29.3 Å². The second-order valence-corrected chi connectivity index (χ2v) is 5.21. The van der Waals surface area contributed by atoms with Crippen LogP contribution in [0.15, 0.2) is 22.0 Å². The maximum absolute atomic E-state index is 10.9. The Kier molecular flexibility index (Phi) is 3.96. The first-order valence-corrected chi connectivity index (χ1v) is 6.65. The number of hydrogen-bond donors (Lipinski definition) is 4. The lowest BCUT2D eigenvalue weighted by Gasteiger charge is -2.18. The smallest absolute Gasteiger partial charge is 0.351 e. The molecule has 1 aromatic rings. The van der Waals surface area contributed by atoms with Crippen LogP contribution < -0.4 is 5.73 Å². The topological polar surface area (TPSA) is 133 Å². The highest BCUT2D eigenvalue weighted by atomic mass is 32.2. The van der Waals surface area contributed by atoms with E-state index in [4.69, 9.17) is 15.9 Å². The van der Waals surface area contributed by atoms with Crippen molar-refractivity contribution in [3.05, 3.63) is 17.7 Å². The molecule has 0 amide bonds. The van der Waals surface area contributed by atoms with Gasteiger partial charge in [0.05, 0.1) is 0 Å². The molecular weight excluding hydrogens is 284 g/mol. The van der Waals surface area contributed by atoms with Crippen molar-refractivity contribution in [1.29, 1.82) is 0 Å². The number of carboxylic acids is 2. The van der Waals surface area contributed by atoms with Gasteiger partial charge in [-0.3, -0.25) is 4.79 Å². The fourth-order valence-electron chi connectivity index (χ4n) is 1.77. The number of thioether (sulfide) groups is 1. The summed E-state index contributed by atoms with van der Waals surface area (Å²) in [6.45, 7) is 0. The average Bonchev–Trinajstić information content (AvgIpc) is 2.41. The van der Waals surface area contributed by atoms with Crippen molar-refractivity contribution in [3.63, 3.8) is 0 Å². The Morgan fingerprint density at radius 2 is 2.10 bits per heavy atom. The summed E-state index contributed by atoms with van der Waals surface area (Å²) in [6, 6.07) is 1.87. The Balaban J connectivity index is 2.42. The normalized spacial score (nSPS) is 15.2. The number of aromatic hydroxyl groups is 1. The predicted molar refractivity (Wildman–Crippen MR) is 72.9 cm³/mol. The summed E-state index contributed by atoms with van der Waals surface area (Å²) in [5.74, 6) is -2.25. The van der Waals surface area contributed by atoms with Gasteiger partial charge >= 0.3 is 11.9 Å². The number of phenols is 1. The van der Waals surface area contributed by atoms with Crippen molar-refractivity contribution >= 4 is 35.1 Å². The van der Waals surface area contributed by atoms with E-state index in [2.05, 4.69) is 4.99 Å². The van der Waals surface area contributed by atoms with Crippen LogP contribution in [0.2, 0.25) is 0 Å². The molecule has 0 saturated carbocycles. The van der Waals surface area contributed by atoms with E-state index in [1.807, 2.05) is 0 Å². The number of aliphatic imine (C=N–C) groups is 1. The monoisotopic (exact) mass is 296 g/mol. The standard InChI is InChI=1S/C12H12N2O5S/c13-6(11(16)17)3-5-1-2-8(15)9-10(5)20-4-7(14-9)12(18)19/h1-2,6,15H,3-4,13H2,(H,16,17)(H,18,19). The molecule has 1 aliphatic heterocycles. The van der Waals surface area contributed by atoms with Crippen molar-refractivity contribution in [2.75, 3.05) is 5.75 Å². The minimum atomic E-state index is -1.14. The van der Waals surface area contributed by atoms with Crippen LogP contribution >= 0.6 is 11.8 Å². The van der Waals surface area contributed by atoms with Gasteiger partial charge in [-0.25, -0.2) is 9.79 Å². The maximum Gasteiger partial charge on any atom is 0.351 e. The van der Waals surface area contributed by atoms with Gasteiger partial charge in [0.15, 0.2) is 0 Å². The lowest BCUT2D eigenvalue weighted by Crippen LogP contribution is -2.32. The van der Waals surface area contributed by atoms with Crippen molar-refractivity contribution in [3.8, 4) is 5.75 Å². The molecule has 0 spiro atoms. The summed E-state index contributed by atoms with van der Waals surface area (Å²) < 4.78 is 0. The molecule has 0 saturated heterocycles. The van der Waals surface area contributed by atoms with E-state index in [0.717, 1.165) is 0 Å². The van der Waals surface area contributed by atoms with Gasteiger partial charge in [-0.2, -0.15) is 0 Å². The first-order chi connectivity index (χ1) is 9.40. The van der Waals surface area contributed by atoms with Gasteiger partial charge in [-0.15, -0.1) is 11.8 Å². The number of carbonyl (C=O) groups is 2. The molecular formula is C12H12N2O5S. The zero-order chi connectivity index (χ0) is 14.9. The van der Waals surface area contributed by atoms with Gasteiger partial charge in [0.25, 0.3) is 0 Å². The minimum absolute atomic E-state index is 0.0579. The van der Waals surface area contributed by atoms with Crippen LogP contribution in [0.3, 0.4) is 0 Å². The quantitative estimate of drug-likeness (QED) is 0.639. The summed E-state index contributed by atoms with van der Waals surface area (Å²) >= 11 is 1.20. The molecule has 1 aliphatic rings. The van der Waals surface area contributed by atoms with Gasteiger partial charge in [-0.1, -0.05) is 6.07 Å². The zero-order valence-corrected chi connectivity index (χ0v) is 11.1. The molecule has 1 heterocycles. The predicted octanol–water partition coefficient (Wildman–Crippen LogP) is 0.609. The molecule has 1 aromatic carbocycles. The lowest BCUT2D eigenvalue weighted by molar-refractivity contribution is -0.138. The second-order valence-electron chi connectivity index (χ2n) is 4.22. The van der Waals surface area contributed by atoms with Gasteiger partial charge in [0.1, 0.15) is 23.2 Å². The van der Waals surface area contributed by atoms with E-state index in [9.17, 15) is 14.7 Å². The molecule has 0 bridgehead atoms. The van der Waals surface area contributed by atoms with Gasteiger partial charge in [-0.05, 0) is 18.1 Å². The third kappa shape index (κ3) is 2.75. The van der Waals surface area contributed by atoms with Crippen molar-refractivity contribution in [2.24, 2.45) is 10.7 Å².